The molecule has 154 valence electrons. The fourth-order valence-corrected chi connectivity index (χ4v) is 3.54. The predicted molar refractivity (Wildman–Crippen MR) is 93.5 cm³/mol. The Morgan fingerprint density at radius 2 is 1.75 bits per heavy atom. The molecule has 2 amide bonds. The minimum absolute atomic E-state index is 0.0643. The number of morpholine rings is 1. The van der Waals surface area contributed by atoms with Crippen LogP contribution in [0, 0.1) is 5.92 Å². The van der Waals surface area contributed by atoms with Crippen molar-refractivity contribution in [3.8, 4) is 5.75 Å². The average Bonchev–Trinajstić information content (AvgIpc) is 2.68. The lowest BCUT2D eigenvalue weighted by Crippen LogP contribution is -2.49. The number of carbonyl (C=O) groups excluding carboxylic acids is 2. The van der Waals surface area contributed by atoms with Gasteiger partial charge in [0.25, 0.3) is 0 Å². The van der Waals surface area contributed by atoms with Crippen molar-refractivity contribution in [2.45, 2.75) is 25.6 Å². The summed E-state index contributed by atoms with van der Waals surface area (Å²) in [5.41, 5.74) is 0.598. The molecule has 2 heterocycles. The molecule has 2 fully saturated rings. The van der Waals surface area contributed by atoms with Crippen molar-refractivity contribution < 1.29 is 32.2 Å². The number of alkyl halides is 3. The number of carbonyl (C=O) groups is 2. The molecule has 0 spiro atoms. The summed E-state index contributed by atoms with van der Waals surface area (Å²) in [5, 5.41) is 0. The van der Waals surface area contributed by atoms with Crippen LogP contribution in [0.4, 0.5) is 13.2 Å². The number of likely N-dealkylation sites (tertiary alicyclic amines) is 1. The molecule has 9 heteroatoms. The summed E-state index contributed by atoms with van der Waals surface area (Å²) < 4.78 is 45.7. The molecular weight excluding hydrogens is 377 g/mol. The molecule has 0 radical (unpaired) electrons. The maximum Gasteiger partial charge on any atom is 0.573 e. The average molecular weight is 400 g/mol. The van der Waals surface area contributed by atoms with Crippen molar-refractivity contribution in [1.82, 2.24) is 9.80 Å². The molecule has 6 nitrogen and oxygen atoms in total. The molecule has 0 unspecified atom stereocenters. The molecule has 0 aliphatic carbocycles. The molecule has 1 aromatic carbocycles. The summed E-state index contributed by atoms with van der Waals surface area (Å²) in [7, 11) is 0. The Morgan fingerprint density at radius 3 is 2.39 bits per heavy atom. The Labute approximate surface area is 161 Å². The van der Waals surface area contributed by atoms with Gasteiger partial charge < -0.3 is 19.3 Å². The van der Waals surface area contributed by atoms with Crippen LogP contribution in [0.1, 0.15) is 18.4 Å². The van der Waals surface area contributed by atoms with Crippen LogP contribution in [0.25, 0.3) is 0 Å². The van der Waals surface area contributed by atoms with Crippen LogP contribution in [0.5, 0.6) is 5.75 Å². The molecular formula is C19H23F3N2O4. The highest BCUT2D eigenvalue weighted by Crippen LogP contribution is 2.24. The van der Waals surface area contributed by atoms with Gasteiger partial charge in [-0.2, -0.15) is 0 Å². The third kappa shape index (κ3) is 5.60. The molecule has 2 aliphatic rings. The molecule has 0 bridgehead atoms. The topological polar surface area (TPSA) is 59.1 Å². The fourth-order valence-electron chi connectivity index (χ4n) is 3.54. The van der Waals surface area contributed by atoms with Crippen LogP contribution in [-0.2, 0) is 20.7 Å². The predicted octanol–water partition coefficient (Wildman–Crippen LogP) is 2.23. The summed E-state index contributed by atoms with van der Waals surface area (Å²) in [6, 6.07) is 5.27. The van der Waals surface area contributed by atoms with E-state index in [-0.39, 0.29) is 29.9 Å². The zero-order valence-corrected chi connectivity index (χ0v) is 15.4. The Morgan fingerprint density at radius 1 is 1.07 bits per heavy atom. The Balaban J connectivity index is 1.54. The summed E-state index contributed by atoms with van der Waals surface area (Å²) in [5.74, 6) is -0.602. The quantitative estimate of drug-likeness (QED) is 0.778. The van der Waals surface area contributed by atoms with Crippen molar-refractivity contribution >= 4 is 11.8 Å². The lowest BCUT2D eigenvalue weighted by atomic mass is 9.95. The summed E-state index contributed by atoms with van der Waals surface area (Å²) in [4.78, 5) is 28.7. The highest BCUT2D eigenvalue weighted by Gasteiger charge is 2.32. The van der Waals surface area contributed by atoms with E-state index in [1.54, 1.807) is 9.80 Å². The lowest BCUT2D eigenvalue weighted by Gasteiger charge is -2.36. The van der Waals surface area contributed by atoms with E-state index in [0.29, 0.717) is 45.0 Å². The van der Waals surface area contributed by atoms with E-state index in [9.17, 15) is 22.8 Å². The van der Waals surface area contributed by atoms with Crippen LogP contribution in [0.15, 0.2) is 24.3 Å². The second-order valence-corrected chi connectivity index (χ2v) is 6.99. The second-order valence-electron chi connectivity index (χ2n) is 6.99. The molecule has 1 atom stereocenters. The lowest BCUT2D eigenvalue weighted by molar-refractivity contribution is -0.274. The van der Waals surface area contributed by atoms with Crippen LogP contribution in [0.2, 0.25) is 0 Å². The van der Waals surface area contributed by atoms with E-state index >= 15 is 0 Å². The third-order valence-electron chi connectivity index (χ3n) is 4.96. The van der Waals surface area contributed by atoms with Gasteiger partial charge in [0.05, 0.1) is 25.6 Å². The number of amides is 2. The first-order valence-electron chi connectivity index (χ1n) is 9.31. The SMILES string of the molecule is O=C(Cc1ccc(OC(F)(F)F)cc1)N1CCC[C@H](C(=O)N2CCOCC2)C1. The number of rotatable bonds is 4. The molecule has 0 aromatic heterocycles. The summed E-state index contributed by atoms with van der Waals surface area (Å²) in [6.45, 7) is 3.20. The smallest absolute Gasteiger partial charge is 0.406 e. The number of hydrogen-bond acceptors (Lipinski definition) is 4. The van der Waals surface area contributed by atoms with Gasteiger partial charge in [0.2, 0.25) is 11.8 Å². The van der Waals surface area contributed by atoms with Crippen molar-refractivity contribution in [3.63, 3.8) is 0 Å². The third-order valence-corrected chi connectivity index (χ3v) is 4.96. The van der Waals surface area contributed by atoms with Crippen LogP contribution < -0.4 is 4.74 Å². The number of nitrogens with zero attached hydrogens (tertiary/aromatic N) is 2. The Bertz CT molecular complexity index is 687. The molecule has 28 heavy (non-hydrogen) atoms. The Kier molecular flexibility index (Phi) is 6.43. The highest BCUT2D eigenvalue weighted by molar-refractivity contribution is 5.82. The van der Waals surface area contributed by atoms with E-state index in [1.165, 1.54) is 24.3 Å². The standard InChI is InChI=1S/C19H23F3N2O4/c20-19(21,22)28-16-5-3-14(4-6-16)12-17(25)24-7-1-2-15(13-24)18(26)23-8-10-27-11-9-23/h3-6,15H,1-2,7-13H2/t15-/m0/s1. The van der Waals surface area contributed by atoms with Gasteiger partial charge in [-0.3, -0.25) is 9.59 Å². The number of piperidine rings is 1. The molecule has 1 aromatic rings. The van der Waals surface area contributed by atoms with Crippen LogP contribution >= 0.6 is 0 Å². The van der Waals surface area contributed by atoms with Gasteiger partial charge in [0.1, 0.15) is 5.75 Å². The zero-order chi connectivity index (χ0) is 20.1. The first kappa shape index (κ1) is 20.4. The van der Waals surface area contributed by atoms with Gasteiger partial charge >= 0.3 is 6.36 Å². The minimum atomic E-state index is -4.74. The van der Waals surface area contributed by atoms with Gasteiger partial charge in [-0.25, -0.2) is 0 Å². The number of hydrogen-bond donors (Lipinski definition) is 0. The van der Waals surface area contributed by atoms with Crippen molar-refractivity contribution in [1.29, 1.82) is 0 Å². The largest absolute Gasteiger partial charge is 0.573 e. The maximum atomic E-state index is 12.7. The first-order chi connectivity index (χ1) is 13.3. The van der Waals surface area contributed by atoms with E-state index in [2.05, 4.69) is 4.74 Å². The maximum absolute atomic E-state index is 12.7. The van der Waals surface area contributed by atoms with Crippen molar-refractivity contribution in [2.24, 2.45) is 5.92 Å². The van der Waals surface area contributed by atoms with Crippen LogP contribution in [0.3, 0.4) is 0 Å². The van der Waals surface area contributed by atoms with Gasteiger partial charge in [-0.05, 0) is 30.5 Å². The normalized spacial score (nSPS) is 20.8. The van der Waals surface area contributed by atoms with Crippen LogP contribution in [-0.4, -0.2) is 67.4 Å². The Hall–Kier alpha value is -2.29. The molecule has 2 aliphatic heterocycles. The van der Waals surface area contributed by atoms with Gasteiger partial charge in [0.15, 0.2) is 0 Å². The number of halogens is 3. The minimum Gasteiger partial charge on any atom is -0.406 e. The van der Waals surface area contributed by atoms with Crippen molar-refractivity contribution in [2.75, 3.05) is 39.4 Å². The summed E-state index contributed by atoms with van der Waals surface area (Å²) in [6.07, 6.45) is -3.16. The highest BCUT2D eigenvalue weighted by atomic mass is 19.4. The second kappa shape index (κ2) is 8.81. The molecule has 0 saturated carbocycles. The van der Waals surface area contributed by atoms with E-state index in [0.717, 1.165) is 12.8 Å². The van der Waals surface area contributed by atoms with E-state index in [1.807, 2.05) is 0 Å². The first-order valence-corrected chi connectivity index (χ1v) is 9.31. The number of benzene rings is 1. The fraction of sp³-hybridized carbons (Fsp3) is 0.579. The van der Waals surface area contributed by atoms with E-state index < -0.39 is 6.36 Å². The monoisotopic (exact) mass is 400 g/mol. The van der Waals surface area contributed by atoms with Crippen molar-refractivity contribution in [3.05, 3.63) is 29.8 Å². The molecule has 2 saturated heterocycles. The van der Waals surface area contributed by atoms with Gasteiger partial charge in [-0.15, -0.1) is 13.2 Å². The molecule has 0 N–H and O–H groups in total. The number of ether oxygens (including phenoxy) is 2. The van der Waals surface area contributed by atoms with E-state index in [4.69, 9.17) is 4.74 Å². The summed E-state index contributed by atoms with van der Waals surface area (Å²) >= 11 is 0. The van der Waals surface area contributed by atoms with Gasteiger partial charge in [0, 0.05) is 26.2 Å². The zero-order valence-electron chi connectivity index (χ0n) is 15.4. The molecule has 3 rings (SSSR count). The van der Waals surface area contributed by atoms with Gasteiger partial charge in [-0.1, -0.05) is 12.1 Å².